The molecule has 2 heteroatoms. The summed E-state index contributed by atoms with van der Waals surface area (Å²) in [6.07, 6.45) is 20.4. The summed E-state index contributed by atoms with van der Waals surface area (Å²) in [4.78, 5) is 0. The minimum absolute atomic E-state index is 0.225. The largest absolute Gasteiger partial charge is 0.207 e. The summed E-state index contributed by atoms with van der Waals surface area (Å²) < 4.78 is 29.1. The Morgan fingerprint density at radius 3 is 2.09 bits per heavy atom. The molecule has 0 aromatic heterocycles. The lowest BCUT2D eigenvalue weighted by Crippen LogP contribution is -2.34. The molecule has 4 atom stereocenters. The van der Waals surface area contributed by atoms with E-state index in [4.69, 9.17) is 0 Å². The summed E-state index contributed by atoms with van der Waals surface area (Å²) in [5.41, 5.74) is 1.11. The highest BCUT2D eigenvalue weighted by atomic mass is 19.1. The minimum Gasteiger partial charge on any atom is -0.207 e. The first-order chi connectivity index (χ1) is 15.6. The van der Waals surface area contributed by atoms with Crippen LogP contribution in [0.15, 0.2) is 24.8 Å². The van der Waals surface area contributed by atoms with Crippen molar-refractivity contribution in [2.45, 2.75) is 109 Å². The first kappa shape index (κ1) is 24.0. The maximum atomic E-state index is 14.5. The van der Waals surface area contributed by atoms with Gasteiger partial charge in [0.2, 0.25) is 0 Å². The van der Waals surface area contributed by atoms with Gasteiger partial charge in [-0.15, -0.1) is 6.58 Å². The van der Waals surface area contributed by atoms with E-state index in [-0.39, 0.29) is 17.2 Å². The second-order valence-corrected chi connectivity index (χ2v) is 11.3. The molecule has 0 nitrogen and oxygen atoms in total. The third-order valence-electron chi connectivity index (χ3n) is 9.40. The molecule has 0 aliphatic heterocycles. The molecule has 0 N–H and O–H groups in total. The fourth-order valence-electron chi connectivity index (χ4n) is 7.47. The zero-order valence-corrected chi connectivity index (χ0v) is 20.3. The van der Waals surface area contributed by atoms with E-state index in [0.29, 0.717) is 18.8 Å². The Morgan fingerprint density at radius 2 is 1.44 bits per heavy atom. The average Bonchev–Trinajstić information content (AvgIpc) is 2.82. The summed E-state index contributed by atoms with van der Waals surface area (Å²) in [5.74, 6) is 4.33. The summed E-state index contributed by atoms with van der Waals surface area (Å²) in [6.45, 7) is 5.98. The van der Waals surface area contributed by atoms with E-state index in [9.17, 15) is 8.78 Å². The van der Waals surface area contributed by atoms with Crippen LogP contribution in [0.4, 0.5) is 8.78 Å². The van der Waals surface area contributed by atoms with Crippen molar-refractivity contribution >= 4 is 0 Å². The highest BCUT2D eigenvalue weighted by molar-refractivity contribution is 5.29. The van der Waals surface area contributed by atoms with E-state index in [1.165, 1.54) is 70.6 Å². The van der Waals surface area contributed by atoms with Crippen molar-refractivity contribution in [3.63, 3.8) is 0 Å². The Morgan fingerprint density at radius 1 is 0.844 bits per heavy atom. The van der Waals surface area contributed by atoms with E-state index < -0.39 is 0 Å². The van der Waals surface area contributed by atoms with Crippen molar-refractivity contribution in [3.8, 4) is 0 Å². The van der Waals surface area contributed by atoms with Crippen LogP contribution in [0.25, 0.3) is 0 Å². The molecule has 0 bridgehead atoms. The van der Waals surface area contributed by atoms with Gasteiger partial charge in [0.05, 0.1) is 0 Å². The van der Waals surface area contributed by atoms with Crippen LogP contribution in [0.3, 0.4) is 0 Å². The van der Waals surface area contributed by atoms with Gasteiger partial charge in [-0.25, -0.2) is 8.78 Å². The van der Waals surface area contributed by atoms with E-state index in [1.807, 2.05) is 0 Å². The van der Waals surface area contributed by atoms with Crippen molar-refractivity contribution in [2.75, 3.05) is 0 Å². The summed E-state index contributed by atoms with van der Waals surface area (Å²) in [6, 6.07) is 3.24. The van der Waals surface area contributed by atoms with Gasteiger partial charge in [0, 0.05) is 5.56 Å². The van der Waals surface area contributed by atoms with Gasteiger partial charge in [-0.1, -0.05) is 38.7 Å². The van der Waals surface area contributed by atoms with Crippen LogP contribution in [0.2, 0.25) is 0 Å². The van der Waals surface area contributed by atoms with Crippen LogP contribution in [0.1, 0.15) is 114 Å². The second kappa shape index (κ2) is 11.3. The number of fused-ring (bicyclic) bond motifs is 1. The SMILES string of the molecule is C=CCCc1c(F)cc(C2CCC(C3CCC4CC(CCCC)CCC4C3)CC2)cc1F. The number of rotatable bonds is 8. The molecule has 0 heterocycles. The Bertz CT molecular complexity index is 722. The molecule has 3 aliphatic carbocycles. The minimum atomic E-state index is -0.364. The Kier molecular flexibility index (Phi) is 8.46. The van der Waals surface area contributed by atoms with Gasteiger partial charge in [0.15, 0.2) is 0 Å². The monoisotopic (exact) mass is 442 g/mol. The molecule has 178 valence electrons. The molecule has 0 radical (unpaired) electrons. The van der Waals surface area contributed by atoms with Crippen LogP contribution >= 0.6 is 0 Å². The molecule has 0 saturated heterocycles. The van der Waals surface area contributed by atoms with Gasteiger partial charge in [0.1, 0.15) is 11.6 Å². The molecule has 1 aromatic carbocycles. The highest BCUT2D eigenvalue weighted by Gasteiger charge is 2.38. The zero-order valence-electron chi connectivity index (χ0n) is 20.3. The molecule has 0 spiro atoms. The number of hydrogen-bond donors (Lipinski definition) is 0. The van der Waals surface area contributed by atoms with E-state index >= 15 is 0 Å². The maximum absolute atomic E-state index is 14.5. The second-order valence-electron chi connectivity index (χ2n) is 11.3. The van der Waals surface area contributed by atoms with E-state index in [0.717, 1.165) is 48.0 Å². The molecule has 3 fully saturated rings. The molecular weight excluding hydrogens is 398 g/mol. The number of hydrogen-bond acceptors (Lipinski definition) is 0. The molecule has 0 amide bonds. The van der Waals surface area contributed by atoms with Crippen molar-refractivity contribution in [3.05, 3.63) is 47.5 Å². The zero-order chi connectivity index (χ0) is 22.5. The standard InChI is InChI=1S/C30H44F2/c1-3-5-7-21-9-10-26-18-25(16-15-24(26)17-21)22-11-13-23(14-12-22)27-19-29(31)28(8-6-4-2)30(32)20-27/h4,19-26H,2-3,5-18H2,1H3. The van der Waals surface area contributed by atoms with E-state index in [1.54, 1.807) is 18.2 Å². The normalized spacial score (nSPS) is 33.0. The fourth-order valence-corrected chi connectivity index (χ4v) is 7.47. The van der Waals surface area contributed by atoms with Crippen LogP contribution in [-0.2, 0) is 6.42 Å². The lowest BCUT2D eigenvalue weighted by Gasteiger charge is -2.45. The quantitative estimate of drug-likeness (QED) is 0.352. The fraction of sp³-hybridized carbons (Fsp3) is 0.733. The van der Waals surface area contributed by atoms with E-state index in [2.05, 4.69) is 13.5 Å². The van der Waals surface area contributed by atoms with Crippen LogP contribution in [0, 0.1) is 41.2 Å². The molecular formula is C30H44F2. The predicted octanol–water partition coefficient (Wildman–Crippen LogP) is 9.38. The molecule has 1 aromatic rings. The van der Waals surface area contributed by atoms with Gasteiger partial charge in [-0.2, -0.15) is 0 Å². The van der Waals surface area contributed by atoms with Crippen molar-refractivity contribution in [2.24, 2.45) is 29.6 Å². The smallest absolute Gasteiger partial charge is 0.129 e. The van der Waals surface area contributed by atoms with Crippen molar-refractivity contribution in [1.29, 1.82) is 0 Å². The summed E-state index contributed by atoms with van der Waals surface area (Å²) >= 11 is 0. The molecule has 3 aliphatic rings. The van der Waals surface area contributed by atoms with Crippen molar-refractivity contribution in [1.82, 2.24) is 0 Å². The topological polar surface area (TPSA) is 0 Å². The lowest BCUT2D eigenvalue weighted by atomic mass is 9.60. The van der Waals surface area contributed by atoms with Crippen molar-refractivity contribution < 1.29 is 8.78 Å². The molecule has 4 unspecified atom stereocenters. The molecule has 3 saturated carbocycles. The summed E-state index contributed by atoms with van der Waals surface area (Å²) in [7, 11) is 0. The van der Waals surface area contributed by atoms with Crippen LogP contribution < -0.4 is 0 Å². The first-order valence-electron chi connectivity index (χ1n) is 13.7. The molecule has 4 rings (SSSR count). The third kappa shape index (κ3) is 5.65. The maximum Gasteiger partial charge on any atom is 0.129 e. The number of allylic oxidation sites excluding steroid dienone is 1. The number of halogens is 2. The first-order valence-corrected chi connectivity index (χ1v) is 13.7. The third-order valence-corrected chi connectivity index (χ3v) is 9.40. The molecule has 32 heavy (non-hydrogen) atoms. The number of benzene rings is 1. The Labute approximate surface area is 195 Å². The van der Waals surface area contributed by atoms with Gasteiger partial charge >= 0.3 is 0 Å². The van der Waals surface area contributed by atoms with Gasteiger partial charge in [-0.05, 0) is 124 Å². The number of unbranched alkanes of at least 4 members (excludes halogenated alkanes) is 1. The predicted molar refractivity (Wildman–Crippen MR) is 131 cm³/mol. The Balaban J connectivity index is 1.28. The Hall–Kier alpha value is -1.18. The average molecular weight is 443 g/mol. The lowest BCUT2D eigenvalue weighted by molar-refractivity contribution is 0.0614. The van der Waals surface area contributed by atoms with Crippen LogP contribution in [0.5, 0.6) is 0 Å². The van der Waals surface area contributed by atoms with Crippen LogP contribution in [-0.4, -0.2) is 0 Å². The van der Waals surface area contributed by atoms with Gasteiger partial charge in [0.25, 0.3) is 0 Å². The summed E-state index contributed by atoms with van der Waals surface area (Å²) in [5, 5.41) is 0. The van der Waals surface area contributed by atoms with Gasteiger partial charge < -0.3 is 0 Å². The van der Waals surface area contributed by atoms with Gasteiger partial charge in [-0.3, -0.25) is 0 Å². The highest BCUT2D eigenvalue weighted by Crippen LogP contribution is 2.50.